The Morgan fingerprint density at radius 2 is 1.40 bits per heavy atom. The second-order valence-electron chi connectivity index (χ2n) is 7.74. The van der Waals surface area contributed by atoms with Crippen molar-refractivity contribution in [3.8, 4) is 0 Å². The summed E-state index contributed by atoms with van der Waals surface area (Å²) in [5, 5.41) is 1.29. The van der Waals surface area contributed by atoms with Gasteiger partial charge in [-0.05, 0) is 66.5 Å². The van der Waals surface area contributed by atoms with Crippen molar-refractivity contribution < 1.29 is 0 Å². The lowest BCUT2D eigenvalue weighted by molar-refractivity contribution is 0.911. The molecular weight excluding hydrogens is 340 g/mol. The summed E-state index contributed by atoms with van der Waals surface area (Å²) in [4.78, 5) is 0. The SMILES string of the molecule is CC.CS(C)(C1C=CC=C1)S(C)(C)C1C=Cc2cc3c(cc21)CCC3. The van der Waals surface area contributed by atoms with Crippen molar-refractivity contribution in [3.63, 3.8) is 0 Å². The first kappa shape index (κ1) is 18.9. The fourth-order valence-electron chi connectivity index (χ4n) is 4.19. The fourth-order valence-corrected chi connectivity index (χ4v) is 11.7. The minimum atomic E-state index is -0.758. The molecule has 0 amide bonds. The van der Waals surface area contributed by atoms with Crippen molar-refractivity contribution in [3.05, 3.63) is 64.8 Å². The van der Waals surface area contributed by atoms with E-state index in [0.717, 1.165) is 0 Å². The average Bonchev–Trinajstić information content (AvgIpc) is 3.33. The summed E-state index contributed by atoms with van der Waals surface area (Å²) in [7, 11) is -1.48. The van der Waals surface area contributed by atoms with E-state index < -0.39 is 18.1 Å². The van der Waals surface area contributed by atoms with Gasteiger partial charge in [0.05, 0.1) is 0 Å². The van der Waals surface area contributed by atoms with E-state index in [4.69, 9.17) is 0 Å². The highest BCUT2D eigenvalue weighted by molar-refractivity contribution is 9.07. The second kappa shape index (κ2) is 7.04. The van der Waals surface area contributed by atoms with Gasteiger partial charge in [0, 0.05) is 10.5 Å². The summed E-state index contributed by atoms with van der Waals surface area (Å²) in [5.41, 5.74) is 6.36. The number of hydrogen-bond donors (Lipinski definition) is 0. The van der Waals surface area contributed by atoms with E-state index in [1.54, 1.807) is 16.7 Å². The van der Waals surface area contributed by atoms with Crippen LogP contribution in [0.3, 0.4) is 0 Å². The Labute approximate surface area is 157 Å². The molecule has 1 unspecified atom stereocenters. The Hall–Kier alpha value is -0.860. The molecule has 0 aliphatic heterocycles. The third-order valence-electron chi connectivity index (χ3n) is 6.14. The van der Waals surface area contributed by atoms with Gasteiger partial charge in [-0.2, -0.15) is 0 Å². The van der Waals surface area contributed by atoms with Gasteiger partial charge in [0.2, 0.25) is 0 Å². The monoisotopic (exact) mass is 374 g/mol. The summed E-state index contributed by atoms with van der Waals surface area (Å²) in [6.07, 6.45) is 28.4. The number of allylic oxidation sites excluding steroid dienone is 2. The molecule has 0 radical (unpaired) electrons. The maximum absolute atomic E-state index is 2.58. The molecule has 0 nitrogen and oxygen atoms in total. The van der Waals surface area contributed by atoms with Gasteiger partial charge in [-0.1, -0.05) is 62.4 Å². The third-order valence-corrected chi connectivity index (χ3v) is 19.5. The lowest BCUT2D eigenvalue weighted by Gasteiger charge is -2.57. The van der Waals surface area contributed by atoms with E-state index in [1.807, 2.05) is 13.8 Å². The van der Waals surface area contributed by atoms with Crippen LogP contribution in [0, 0.1) is 0 Å². The smallest absolute Gasteiger partial charge is 0.0394 e. The number of aryl methyl sites for hydroxylation is 2. The molecule has 0 N–H and O–H groups in total. The van der Waals surface area contributed by atoms with Crippen LogP contribution in [0.15, 0.2) is 42.5 Å². The second-order valence-corrected chi connectivity index (χ2v) is 19.2. The molecule has 0 heterocycles. The summed E-state index contributed by atoms with van der Waals surface area (Å²) in [6, 6.07) is 5.05. The molecule has 4 rings (SSSR count). The lowest BCUT2D eigenvalue weighted by Crippen LogP contribution is -2.20. The topological polar surface area (TPSA) is 0 Å². The maximum atomic E-state index is 2.58. The van der Waals surface area contributed by atoms with Crippen LogP contribution >= 0.6 is 18.1 Å². The Morgan fingerprint density at radius 3 is 2.04 bits per heavy atom. The molecule has 3 aliphatic rings. The Morgan fingerprint density at radius 1 is 0.800 bits per heavy atom. The maximum Gasteiger partial charge on any atom is 0.0394 e. The van der Waals surface area contributed by atoms with Crippen LogP contribution in [0.4, 0.5) is 0 Å². The molecule has 2 heteroatoms. The quantitative estimate of drug-likeness (QED) is 0.510. The van der Waals surface area contributed by atoms with Gasteiger partial charge >= 0.3 is 0 Å². The van der Waals surface area contributed by atoms with Crippen molar-refractivity contribution in [2.45, 2.75) is 43.6 Å². The summed E-state index contributed by atoms with van der Waals surface area (Å²) in [5.74, 6) is 0. The molecule has 0 fully saturated rings. The van der Waals surface area contributed by atoms with Crippen LogP contribution < -0.4 is 0 Å². The van der Waals surface area contributed by atoms with Crippen LogP contribution in [-0.4, -0.2) is 30.3 Å². The highest BCUT2D eigenvalue weighted by atomic mass is 33.2. The number of rotatable bonds is 3. The first-order chi connectivity index (χ1) is 11.9. The van der Waals surface area contributed by atoms with E-state index >= 15 is 0 Å². The van der Waals surface area contributed by atoms with Crippen molar-refractivity contribution in [1.29, 1.82) is 0 Å². The summed E-state index contributed by atoms with van der Waals surface area (Å²) < 4.78 is 0. The van der Waals surface area contributed by atoms with Crippen LogP contribution in [0.25, 0.3) is 6.08 Å². The van der Waals surface area contributed by atoms with Crippen LogP contribution in [0.1, 0.15) is 47.8 Å². The standard InChI is InChI=1S/C21H28S2.C2H6/c1-22(2,19-10-5-6-11-19)23(3,4)21-13-12-18-14-16-8-7-9-17(16)15-20(18)21;1-2/h5-6,10-15,19,21H,7-9H2,1-4H3;1-2H3. The normalized spacial score (nSPS) is 22.6. The van der Waals surface area contributed by atoms with Gasteiger partial charge in [0.1, 0.15) is 0 Å². The predicted octanol–water partition coefficient (Wildman–Crippen LogP) is 6.81. The minimum absolute atomic E-state index is 0.635. The van der Waals surface area contributed by atoms with Crippen LogP contribution in [0.5, 0.6) is 0 Å². The summed E-state index contributed by atoms with van der Waals surface area (Å²) >= 11 is 0. The first-order valence-corrected chi connectivity index (χ1v) is 15.1. The molecule has 0 spiro atoms. The molecule has 1 aromatic carbocycles. The minimum Gasteiger partial charge on any atom is -0.205 e. The van der Waals surface area contributed by atoms with E-state index in [-0.39, 0.29) is 0 Å². The molecule has 0 saturated carbocycles. The van der Waals surface area contributed by atoms with Gasteiger partial charge in [-0.25, -0.2) is 18.1 Å². The number of hydrogen-bond acceptors (Lipinski definition) is 0. The molecule has 1 atom stereocenters. The van der Waals surface area contributed by atoms with Crippen molar-refractivity contribution in [2.75, 3.05) is 25.0 Å². The van der Waals surface area contributed by atoms with Gasteiger partial charge in [0.25, 0.3) is 0 Å². The average molecular weight is 375 g/mol. The van der Waals surface area contributed by atoms with Crippen LogP contribution in [-0.2, 0) is 12.8 Å². The largest absolute Gasteiger partial charge is 0.205 e. The third kappa shape index (κ3) is 3.06. The van der Waals surface area contributed by atoms with Gasteiger partial charge in [-0.3, -0.25) is 0 Å². The predicted molar refractivity (Wildman–Crippen MR) is 123 cm³/mol. The van der Waals surface area contributed by atoms with Gasteiger partial charge < -0.3 is 0 Å². The molecule has 3 aliphatic carbocycles. The van der Waals surface area contributed by atoms with Crippen molar-refractivity contribution in [1.82, 2.24) is 0 Å². The highest BCUT2D eigenvalue weighted by Crippen LogP contribution is 2.83. The molecule has 0 bridgehead atoms. The van der Waals surface area contributed by atoms with E-state index in [9.17, 15) is 0 Å². The van der Waals surface area contributed by atoms with E-state index in [0.29, 0.717) is 10.5 Å². The van der Waals surface area contributed by atoms with E-state index in [1.165, 1.54) is 24.8 Å². The zero-order chi connectivity index (χ0) is 18.2. The Balaban J connectivity index is 0.000000880. The van der Waals surface area contributed by atoms with Gasteiger partial charge in [-0.15, -0.1) is 0 Å². The number of fused-ring (bicyclic) bond motifs is 2. The summed E-state index contributed by atoms with van der Waals surface area (Å²) in [6.45, 7) is 4.00. The highest BCUT2D eigenvalue weighted by Gasteiger charge is 2.41. The molecule has 138 valence electrons. The molecule has 25 heavy (non-hydrogen) atoms. The van der Waals surface area contributed by atoms with E-state index in [2.05, 4.69) is 73.6 Å². The van der Waals surface area contributed by atoms with Crippen LogP contribution in [0.2, 0.25) is 0 Å². The number of benzene rings is 1. The van der Waals surface area contributed by atoms with Gasteiger partial charge in [0.15, 0.2) is 0 Å². The lowest BCUT2D eigenvalue weighted by atomic mass is 10.0. The molecule has 1 aromatic rings. The van der Waals surface area contributed by atoms with Crippen molar-refractivity contribution in [2.24, 2.45) is 0 Å². The molecular formula is C23H34S2. The zero-order valence-electron chi connectivity index (χ0n) is 16.7. The fraction of sp³-hybridized carbons (Fsp3) is 0.478. The zero-order valence-corrected chi connectivity index (χ0v) is 18.3. The Bertz CT molecular complexity index is 723. The first-order valence-electron chi connectivity index (χ1n) is 9.54. The Kier molecular flexibility index (Phi) is 5.33. The molecule has 0 aromatic heterocycles. The molecule has 0 saturated heterocycles. The van der Waals surface area contributed by atoms with Crippen molar-refractivity contribution >= 4 is 24.2 Å².